The summed E-state index contributed by atoms with van der Waals surface area (Å²) in [5.41, 5.74) is 0.886. The standard InChI is InChI=1S/C14H18F3NOSi/c1-20(2,3)13-10(6-7-19)11-8-9(14(15,16)17)4-5-12(11)18-13/h4-5,8,18-19H,6-7H2,1-3H3. The minimum Gasteiger partial charge on any atom is -0.396 e. The van der Waals surface area contributed by atoms with Crippen LogP contribution in [-0.2, 0) is 12.6 Å². The Hall–Kier alpha value is -1.27. The molecule has 2 N–H and O–H groups in total. The van der Waals surface area contributed by atoms with Crippen molar-refractivity contribution < 1.29 is 18.3 Å². The van der Waals surface area contributed by atoms with Crippen LogP contribution in [0.2, 0.25) is 19.6 Å². The molecule has 0 spiro atoms. The van der Waals surface area contributed by atoms with Gasteiger partial charge in [-0.15, -0.1) is 0 Å². The summed E-state index contributed by atoms with van der Waals surface area (Å²) in [6, 6.07) is 3.75. The van der Waals surface area contributed by atoms with Crippen LogP contribution in [0.15, 0.2) is 18.2 Å². The third-order valence-corrected chi connectivity index (χ3v) is 5.27. The molecular formula is C14H18F3NOSi. The van der Waals surface area contributed by atoms with Crippen LogP contribution in [0.5, 0.6) is 0 Å². The third-order valence-electron chi connectivity index (χ3n) is 3.35. The molecule has 0 aliphatic heterocycles. The summed E-state index contributed by atoms with van der Waals surface area (Å²) in [5, 5.41) is 10.8. The fourth-order valence-corrected chi connectivity index (χ4v) is 4.11. The molecule has 2 nitrogen and oxygen atoms in total. The summed E-state index contributed by atoms with van der Waals surface area (Å²) >= 11 is 0. The van der Waals surface area contributed by atoms with Gasteiger partial charge in [-0.25, -0.2) is 0 Å². The molecule has 0 aliphatic carbocycles. The Bertz CT molecular complexity index is 626. The van der Waals surface area contributed by atoms with Crippen LogP contribution < -0.4 is 5.32 Å². The lowest BCUT2D eigenvalue weighted by molar-refractivity contribution is -0.137. The summed E-state index contributed by atoms with van der Waals surface area (Å²) < 4.78 is 38.5. The van der Waals surface area contributed by atoms with Crippen LogP contribution in [0.4, 0.5) is 13.2 Å². The lowest BCUT2D eigenvalue weighted by Gasteiger charge is -2.16. The first kappa shape index (κ1) is 15.1. The number of hydrogen-bond donors (Lipinski definition) is 2. The summed E-state index contributed by atoms with van der Waals surface area (Å²) in [5.74, 6) is 0. The van der Waals surface area contributed by atoms with E-state index in [1.807, 2.05) is 0 Å². The van der Waals surface area contributed by atoms with Crippen molar-refractivity contribution in [1.82, 2.24) is 4.98 Å². The second-order valence-corrected chi connectivity index (χ2v) is 11.0. The Morgan fingerprint density at radius 2 is 1.85 bits per heavy atom. The second-order valence-electron chi connectivity index (χ2n) is 5.96. The normalized spacial score (nSPS) is 13.2. The first-order valence-corrected chi connectivity index (χ1v) is 9.97. The maximum atomic E-state index is 12.8. The van der Waals surface area contributed by atoms with Gasteiger partial charge in [-0.05, 0) is 30.2 Å². The number of fused-ring (bicyclic) bond motifs is 1. The molecule has 0 aliphatic rings. The number of H-pyrrole nitrogens is 1. The van der Waals surface area contributed by atoms with Gasteiger partial charge >= 0.3 is 6.18 Å². The van der Waals surface area contributed by atoms with Crippen LogP contribution in [-0.4, -0.2) is 24.8 Å². The van der Waals surface area contributed by atoms with Crippen molar-refractivity contribution in [3.63, 3.8) is 0 Å². The zero-order valence-corrected chi connectivity index (χ0v) is 12.7. The Balaban J connectivity index is 2.70. The molecule has 1 heterocycles. The van der Waals surface area contributed by atoms with Gasteiger partial charge in [0.1, 0.15) is 0 Å². The fraction of sp³-hybridized carbons (Fsp3) is 0.429. The summed E-state index contributed by atoms with van der Waals surface area (Å²) in [4.78, 5) is 3.25. The number of aliphatic hydroxyl groups is 1. The average molecular weight is 301 g/mol. The van der Waals surface area contributed by atoms with Gasteiger partial charge in [0.05, 0.1) is 13.6 Å². The molecule has 0 bridgehead atoms. The van der Waals surface area contributed by atoms with Crippen molar-refractivity contribution in [1.29, 1.82) is 0 Å². The molecule has 0 atom stereocenters. The van der Waals surface area contributed by atoms with Crippen molar-refractivity contribution in [2.24, 2.45) is 0 Å². The van der Waals surface area contributed by atoms with E-state index in [1.54, 1.807) is 0 Å². The van der Waals surface area contributed by atoms with Gasteiger partial charge in [-0.1, -0.05) is 19.6 Å². The quantitative estimate of drug-likeness (QED) is 0.839. The highest BCUT2D eigenvalue weighted by molar-refractivity contribution is 6.88. The van der Waals surface area contributed by atoms with Gasteiger partial charge < -0.3 is 10.1 Å². The predicted octanol–water partition coefficient (Wildman–Crippen LogP) is 3.27. The van der Waals surface area contributed by atoms with E-state index in [0.717, 1.165) is 16.9 Å². The molecular weight excluding hydrogens is 283 g/mol. The zero-order chi connectivity index (χ0) is 15.1. The Morgan fingerprint density at radius 3 is 2.35 bits per heavy atom. The van der Waals surface area contributed by atoms with Crippen LogP contribution in [0, 0.1) is 0 Å². The molecule has 1 aromatic carbocycles. The smallest absolute Gasteiger partial charge is 0.396 e. The number of hydrogen-bond acceptors (Lipinski definition) is 1. The van der Waals surface area contributed by atoms with Gasteiger partial charge in [0, 0.05) is 22.8 Å². The van der Waals surface area contributed by atoms with E-state index in [9.17, 15) is 18.3 Å². The molecule has 6 heteroatoms. The molecule has 110 valence electrons. The molecule has 2 aromatic rings. The maximum Gasteiger partial charge on any atom is 0.416 e. The number of alkyl halides is 3. The molecule has 2 rings (SSSR count). The number of nitrogens with one attached hydrogen (secondary N) is 1. The highest BCUT2D eigenvalue weighted by Gasteiger charge is 2.32. The maximum absolute atomic E-state index is 12.8. The Labute approximate surface area is 116 Å². The molecule has 0 amide bonds. The molecule has 1 aromatic heterocycles. The van der Waals surface area contributed by atoms with Gasteiger partial charge in [-0.2, -0.15) is 13.2 Å². The SMILES string of the molecule is C[Si](C)(C)c1[nH]c2ccc(C(F)(F)F)cc2c1CCO. The summed E-state index contributed by atoms with van der Waals surface area (Å²) in [7, 11) is -1.71. The minimum absolute atomic E-state index is 0.0688. The van der Waals surface area contributed by atoms with E-state index in [4.69, 9.17) is 0 Å². The van der Waals surface area contributed by atoms with Gasteiger partial charge in [-0.3, -0.25) is 0 Å². The lowest BCUT2D eigenvalue weighted by atomic mass is 10.1. The summed E-state index contributed by atoms with van der Waals surface area (Å²) in [6.45, 7) is 6.32. The predicted molar refractivity (Wildman–Crippen MR) is 77.1 cm³/mol. The molecule has 0 radical (unpaired) electrons. The summed E-state index contributed by atoms with van der Waals surface area (Å²) in [6.07, 6.45) is -3.97. The van der Waals surface area contributed by atoms with Crippen molar-refractivity contribution in [2.45, 2.75) is 32.2 Å². The molecule has 0 saturated carbocycles. The minimum atomic E-state index is -4.35. The van der Waals surface area contributed by atoms with E-state index in [-0.39, 0.29) is 6.61 Å². The fourth-order valence-electron chi connectivity index (χ4n) is 2.44. The highest BCUT2D eigenvalue weighted by Crippen LogP contribution is 2.32. The second kappa shape index (κ2) is 4.93. The van der Waals surface area contributed by atoms with Gasteiger partial charge in [0.2, 0.25) is 0 Å². The van der Waals surface area contributed by atoms with Crippen LogP contribution in [0.25, 0.3) is 10.9 Å². The van der Waals surface area contributed by atoms with E-state index >= 15 is 0 Å². The topological polar surface area (TPSA) is 36.0 Å². The van der Waals surface area contributed by atoms with Crippen molar-refractivity contribution >= 4 is 24.3 Å². The Kier molecular flexibility index (Phi) is 3.73. The van der Waals surface area contributed by atoms with Crippen LogP contribution >= 0.6 is 0 Å². The van der Waals surface area contributed by atoms with E-state index in [1.165, 1.54) is 12.1 Å². The number of aliphatic hydroxyl groups excluding tert-OH is 1. The van der Waals surface area contributed by atoms with E-state index in [0.29, 0.717) is 17.3 Å². The van der Waals surface area contributed by atoms with E-state index in [2.05, 4.69) is 24.6 Å². The van der Waals surface area contributed by atoms with Crippen LogP contribution in [0.1, 0.15) is 11.1 Å². The molecule has 0 fully saturated rings. The van der Waals surface area contributed by atoms with Crippen molar-refractivity contribution in [2.75, 3.05) is 6.61 Å². The number of benzene rings is 1. The highest BCUT2D eigenvalue weighted by atomic mass is 28.3. The van der Waals surface area contributed by atoms with Crippen LogP contribution in [0.3, 0.4) is 0 Å². The first-order valence-electron chi connectivity index (χ1n) is 6.47. The molecule has 20 heavy (non-hydrogen) atoms. The first-order chi connectivity index (χ1) is 9.14. The Morgan fingerprint density at radius 1 is 1.20 bits per heavy atom. The van der Waals surface area contributed by atoms with Crippen molar-refractivity contribution in [3.8, 4) is 0 Å². The monoisotopic (exact) mass is 301 g/mol. The third kappa shape index (κ3) is 2.76. The number of rotatable bonds is 3. The zero-order valence-electron chi connectivity index (χ0n) is 11.7. The van der Waals surface area contributed by atoms with Crippen molar-refractivity contribution in [3.05, 3.63) is 29.3 Å². The number of halogens is 3. The average Bonchev–Trinajstić information content (AvgIpc) is 2.67. The molecule has 0 saturated heterocycles. The van der Waals surface area contributed by atoms with Gasteiger partial charge in [0.15, 0.2) is 0 Å². The lowest BCUT2D eigenvalue weighted by Crippen LogP contribution is -2.41. The molecule has 0 unspecified atom stereocenters. The van der Waals surface area contributed by atoms with E-state index < -0.39 is 19.8 Å². The van der Waals surface area contributed by atoms with Gasteiger partial charge in [0.25, 0.3) is 0 Å². The largest absolute Gasteiger partial charge is 0.416 e. The number of aromatic amines is 1. The number of aromatic nitrogens is 1.